The summed E-state index contributed by atoms with van der Waals surface area (Å²) in [4.78, 5) is 29.2. The minimum atomic E-state index is -0.539. The van der Waals surface area contributed by atoms with Crippen LogP contribution >= 0.6 is 0 Å². The second kappa shape index (κ2) is 7.58. The van der Waals surface area contributed by atoms with Crippen molar-refractivity contribution >= 4 is 16.8 Å². The quantitative estimate of drug-likeness (QED) is 0.690. The maximum absolute atomic E-state index is 12.4. The Morgan fingerprint density at radius 2 is 2.00 bits per heavy atom. The van der Waals surface area contributed by atoms with Gasteiger partial charge in [0, 0.05) is 47.9 Å². The average molecular weight is 377 g/mol. The molecule has 0 radical (unpaired) electrons. The van der Waals surface area contributed by atoms with Gasteiger partial charge in [0.05, 0.1) is 12.7 Å². The average Bonchev–Trinajstić information content (AvgIpc) is 2.64. The molecule has 1 fully saturated rings. The smallest absolute Gasteiger partial charge is 0.248 e. The molecule has 0 atom stereocenters. The predicted octanol–water partition coefficient (Wildman–Crippen LogP) is 2.34. The van der Waals surface area contributed by atoms with E-state index in [9.17, 15) is 9.59 Å². The van der Waals surface area contributed by atoms with Gasteiger partial charge in [0.25, 0.3) is 0 Å². The molecular weight excluding hydrogens is 354 g/mol. The normalized spacial score (nSPS) is 14.9. The van der Waals surface area contributed by atoms with Gasteiger partial charge in [-0.2, -0.15) is 0 Å². The first kappa shape index (κ1) is 18.4. The molecule has 6 heteroatoms. The monoisotopic (exact) mass is 377 g/mol. The SMILES string of the molecule is Cc1ccccc1COC1CN(Cc2cc(=O)c3cc(C(N)=O)ccc3[nH]2)C1. The van der Waals surface area contributed by atoms with Crippen LogP contribution in [0.4, 0.5) is 0 Å². The molecule has 0 unspecified atom stereocenters. The van der Waals surface area contributed by atoms with Crippen molar-refractivity contribution in [2.45, 2.75) is 26.2 Å². The molecule has 3 aromatic rings. The number of aryl methyl sites for hydroxylation is 1. The van der Waals surface area contributed by atoms with E-state index in [0.29, 0.717) is 29.6 Å². The van der Waals surface area contributed by atoms with Gasteiger partial charge in [-0.25, -0.2) is 0 Å². The minimum absolute atomic E-state index is 0.111. The predicted molar refractivity (Wildman–Crippen MR) is 108 cm³/mol. The van der Waals surface area contributed by atoms with Crippen molar-refractivity contribution in [1.82, 2.24) is 9.88 Å². The van der Waals surface area contributed by atoms with Crippen molar-refractivity contribution in [3.05, 3.63) is 81.1 Å². The molecule has 0 spiro atoms. The molecule has 6 nitrogen and oxygen atoms in total. The molecule has 3 N–H and O–H groups in total. The van der Waals surface area contributed by atoms with E-state index >= 15 is 0 Å². The highest BCUT2D eigenvalue weighted by atomic mass is 16.5. The number of carbonyl (C=O) groups excluding carboxylic acids is 1. The molecule has 1 aromatic heterocycles. The van der Waals surface area contributed by atoms with E-state index in [4.69, 9.17) is 10.5 Å². The van der Waals surface area contributed by atoms with Crippen molar-refractivity contribution in [3.8, 4) is 0 Å². The van der Waals surface area contributed by atoms with Crippen molar-refractivity contribution in [2.24, 2.45) is 5.73 Å². The number of hydrogen-bond donors (Lipinski definition) is 2. The summed E-state index contributed by atoms with van der Waals surface area (Å²) in [5, 5.41) is 0.475. The van der Waals surface area contributed by atoms with E-state index in [-0.39, 0.29) is 11.5 Å². The summed E-state index contributed by atoms with van der Waals surface area (Å²) >= 11 is 0. The summed E-state index contributed by atoms with van der Waals surface area (Å²) in [6.45, 7) is 5.06. The number of nitrogens with zero attached hydrogens (tertiary/aromatic N) is 1. The van der Waals surface area contributed by atoms with Crippen LogP contribution in [0.1, 0.15) is 27.2 Å². The molecule has 1 amide bonds. The number of hydrogen-bond acceptors (Lipinski definition) is 4. The number of nitrogens with two attached hydrogens (primary N) is 1. The van der Waals surface area contributed by atoms with Gasteiger partial charge < -0.3 is 15.5 Å². The van der Waals surface area contributed by atoms with Crippen molar-refractivity contribution in [1.29, 1.82) is 0 Å². The number of likely N-dealkylation sites (tertiary alicyclic amines) is 1. The van der Waals surface area contributed by atoms with Crippen molar-refractivity contribution in [3.63, 3.8) is 0 Å². The Morgan fingerprint density at radius 3 is 2.75 bits per heavy atom. The Labute approximate surface area is 162 Å². The summed E-state index contributed by atoms with van der Waals surface area (Å²) in [6.07, 6.45) is 0.213. The molecule has 4 rings (SSSR count). The highest BCUT2D eigenvalue weighted by Crippen LogP contribution is 2.18. The third-order valence-electron chi connectivity index (χ3n) is 5.22. The molecule has 1 saturated heterocycles. The third kappa shape index (κ3) is 3.83. The van der Waals surface area contributed by atoms with E-state index in [2.05, 4.69) is 28.9 Å². The largest absolute Gasteiger partial charge is 0.371 e. The first-order valence-electron chi connectivity index (χ1n) is 9.34. The van der Waals surface area contributed by atoms with Crippen LogP contribution in [0, 0.1) is 6.92 Å². The number of benzene rings is 2. The van der Waals surface area contributed by atoms with Crippen molar-refractivity contribution < 1.29 is 9.53 Å². The zero-order valence-electron chi connectivity index (χ0n) is 15.8. The maximum atomic E-state index is 12.4. The highest BCUT2D eigenvalue weighted by molar-refractivity contribution is 5.96. The molecule has 2 aromatic carbocycles. The molecule has 28 heavy (non-hydrogen) atoms. The fourth-order valence-corrected chi connectivity index (χ4v) is 3.52. The van der Waals surface area contributed by atoms with Gasteiger partial charge in [0.1, 0.15) is 0 Å². The standard InChI is InChI=1S/C22H23N3O3/c1-14-4-2-3-5-16(14)13-28-18-11-25(12-18)10-17-9-21(26)19-8-15(22(23)27)6-7-20(19)24-17/h2-9,18H,10-13H2,1H3,(H2,23,27)(H,24,26). The van der Waals surface area contributed by atoms with E-state index in [1.54, 1.807) is 24.3 Å². The van der Waals surface area contributed by atoms with Crippen LogP contribution in [-0.2, 0) is 17.9 Å². The van der Waals surface area contributed by atoms with E-state index in [0.717, 1.165) is 18.8 Å². The fraction of sp³-hybridized carbons (Fsp3) is 0.273. The molecule has 1 aliphatic heterocycles. The Kier molecular flexibility index (Phi) is 4.98. The summed E-state index contributed by atoms with van der Waals surface area (Å²) in [5.74, 6) is -0.539. The molecule has 0 saturated carbocycles. The van der Waals surface area contributed by atoms with Gasteiger partial charge in [-0.05, 0) is 36.2 Å². The number of fused-ring (bicyclic) bond motifs is 1. The van der Waals surface area contributed by atoms with Crippen LogP contribution in [0.15, 0.2) is 53.3 Å². The lowest BCUT2D eigenvalue weighted by atomic mass is 10.1. The molecule has 144 valence electrons. The number of pyridine rings is 1. The lowest BCUT2D eigenvalue weighted by molar-refractivity contribution is -0.0663. The second-order valence-corrected chi connectivity index (χ2v) is 7.34. The number of aromatic amines is 1. The first-order valence-corrected chi connectivity index (χ1v) is 9.34. The summed E-state index contributed by atoms with van der Waals surface area (Å²) in [7, 11) is 0. The lowest BCUT2D eigenvalue weighted by Gasteiger charge is -2.38. The first-order chi connectivity index (χ1) is 13.5. The maximum Gasteiger partial charge on any atom is 0.248 e. The van der Waals surface area contributed by atoms with E-state index in [1.807, 2.05) is 12.1 Å². The fourth-order valence-electron chi connectivity index (χ4n) is 3.52. The number of aromatic nitrogens is 1. The summed E-state index contributed by atoms with van der Waals surface area (Å²) < 4.78 is 5.98. The lowest BCUT2D eigenvalue weighted by Crippen LogP contribution is -2.51. The topological polar surface area (TPSA) is 88.4 Å². The van der Waals surface area contributed by atoms with E-state index < -0.39 is 5.91 Å². The number of amides is 1. The minimum Gasteiger partial charge on any atom is -0.371 e. The number of ether oxygens (including phenoxy) is 1. The van der Waals surface area contributed by atoms with Gasteiger partial charge >= 0.3 is 0 Å². The number of carbonyl (C=O) groups is 1. The van der Waals surface area contributed by atoms with Gasteiger partial charge in [-0.1, -0.05) is 24.3 Å². The molecule has 0 bridgehead atoms. The van der Waals surface area contributed by atoms with Crippen LogP contribution in [0.5, 0.6) is 0 Å². The molecular formula is C22H23N3O3. The number of primary amides is 1. The van der Waals surface area contributed by atoms with Crippen LogP contribution in [0.25, 0.3) is 10.9 Å². The van der Waals surface area contributed by atoms with Crippen LogP contribution in [-0.4, -0.2) is 35.0 Å². The van der Waals surface area contributed by atoms with Gasteiger partial charge in [0.2, 0.25) is 5.91 Å². The molecule has 1 aliphatic rings. The van der Waals surface area contributed by atoms with Gasteiger partial charge in [-0.15, -0.1) is 0 Å². The van der Waals surface area contributed by atoms with Crippen LogP contribution in [0.3, 0.4) is 0 Å². The number of nitrogens with one attached hydrogen (secondary N) is 1. The Hall–Kier alpha value is -2.96. The van der Waals surface area contributed by atoms with Crippen LogP contribution in [0.2, 0.25) is 0 Å². The van der Waals surface area contributed by atoms with Crippen LogP contribution < -0.4 is 11.2 Å². The number of H-pyrrole nitrogens is 1. The van der Waals surface area contributed by atoms with E-state index in [1.165, 1.54) is 11.1 Å². The zero-order valence-corrected chi connectivity index (χ0v) is 15.8. The third-order valence-corrected chi connectivity index (χ3v) is 5.22. The highest BCUT2D eigenvalue weighted by Gasteiger charge is 2.27. The molecule has 0 aliphatic carbocycles. The molecule has 2 heterocycles. The van der Waals surface area contributed by atoms with Gasteiger partial charge in [0.15, 0.2) is 5.43 Å². The van der Waals surface area contributed by atoms with Crippen molar-refractivity contribution in [2.75, 3.05) is 13.1 Å². The number of rotatable bonds is 6. The second-order valence-electron chi connectivity index (χ2n) is 7.34. The summed E-state index contributed by atoms with van der Waals surface area (Å²) in [6, 6.07) is 14.7. The Bertz CT molecular complexity index is 1080. The zero-order chi connectivity index (χ0) is 19.7. The summed E-state index contributed by atoms with van der Waals surface area (Å²) in [5.41, 5.74) is 9.53. The van der Waals surface area contributed by atoms with Gasteiger partial charge in [-0.3, -0.25) is 14.5 Å². The Morgan fingerprint density at radius 1 is 1.21 bits per heavy atom. The Balaban J connectivity index is 1.36.